The molecule has 1 unspecified atom stereocenters. The maximum absolute atomic E-state index is 10.7. The smallest absolute Gasteiger partial charge is 0.305 e. The Morgan fingerprint density at radius 3 is 3.09 bits per heavy atom. The van der Waals surface area contributed by atoms with Crippen LogP contribution in [0.2, 0.25) is 0 Å². The molecule has 1 heterocycles. The Morgan fingerprint density at radius 2 is 2.55 bits per heavy atom. The molecule has 1 aliphatic heterocycles. The third kappa shape index (κ3) is 2.89. The van der Waals surface area contributed by atoms with Crippen LogP contribution < -0.4 is 0 Å². The van der Waals surface area contributed by atoms with Crippen LogP contribution in [0.25, 0.3) is 0 Å². The van der Waals surface area contributed by atoms with E-state index in [2.05, 4.69) is 4.74 Å². The van der Waals surface area contributed by atoms with Crippen molar-refractivity contribution in [3.8, 4) is 0 Å². The minimum absolute atomic E-state index is 0.114. The molecular weight excluding hydrogens is 144 g/mol. The van der Waals surface area contributed by atoms with Crippen molar-refractivity contribution in [2.45, 2.75) is 19.3 Å². The number of esters is 1. The van der Waals surface area contributed by atoms with Crippen LogP contribution in [-0.2, 0) is 14.3 Å². The molecule has 1 atom stereocenters. The van der Waals surface area contributed by atoms with Crippen molar-refractivity contribution >= 4 is 5.97 Å². The Balaban J connectivity index is 2.06. The highest BCUT2D eigenvalue weighted by Gasteiger charge is 2.16. The topological polar surface area (TPSA) is 35.5 Å². The Labute approximate surface area is 66.7 Å². The number of carbonyl (C=O) groups excluding carboxylic acids is 1. The van der Waals surface area contributed by atoms with Crippen molar-refractivity contribution in [3.63, 3.8) is 0 Å². The lowest BCUT2D eigenvalue weighted by atomic mass is 10.0. The lowest BCUT2D eigenvalue weighted by Gasteiger charge is -2.04. The van der Waals surface area contributed by atoms with Crippen molar-refractivity contribution in [1.82, 2.24) is 0 Å². The van der Waals surface area contributed by atoms with Gasteiger partial charge in [-0.1, -0.05) is 0 Å². The fourth-order valence-corrected chi connectivity index (χ4v) is 1.24. The van der Waals surface area contributed by atoms with Crippen LogP contribution in [0.4, 0.5) is 0 Å². The first kappa shape index (κ1) is 8.53. The van der Waals surface area contributed by atoms with E-state index in [4.69, 9.17) is 4.74 Å². The van der Waals surface area contributed by atoms with Crippen molar-refractivity contribution in [3.05, 3.63) is 0 Å². The molecule has 11 heavy (non-hydrogen) atoms. The van der Waals surface area contributed by atoms with Gasteiger partial charge in [0.1, 0.15) is 0 Å². The fraction of sp³-hybridized carbons (Fsp3) is 0.875. The van der Waals surface area contributed by atoms with Crippen LogP contribution >= 0.6 is 0 Å². The fourth-order valence-electron chi connectivity index (χ4n) is 1.24. The maximum Gasteiger partial charge on any atom is 0.305 e. The predicted molar refractivity (Wildman–Crippen MR) is 40.2 cm³/mol. The molecule has 0 aromatic rings. The van der Waals surface area contributed by atoms with Crippen LogP contribution in [0.3, 0.4) is 0 Å². The minimum atomic E-state index is -0.114. The zero-order valence-corrected chi connectivity index (χ0v) is 6.84. The zero-order valence-electron chi connectivity index (χ0n) is 6.84. The van der Waals surface area contributed by atoms with Gasteiger partial charge in [-0.3, -0.25) is 4.79 Å². The SMILES string of the molecule is COC(=O)CCC1CCOC1. The Kier molecular flexibility index (Phi) is 3.36. The highest BCUT2D eigenvalue weighted by Crippen LogP contribution is 2.17. The summed E-state index contributed by atoms with van der Waals surface area (Å²) in [7, 11) is 1.42. The highest BCUT2D eigenvalue weighted by atomic mass is 16.5. The molecule has 0 aliphatic carbocycles. The van der Waals surface area contributed by atoms with Crippen LogP contribution in [0, 0.1) is 5.92 Å². The molecule has 0 N–H and O–H groups in total. The number of ether oxygens (including phenoxy) is 2. The van der Waals surface area contributed by atoms with Gasteiger partial charge in [-0.05, 0) is 18.8 Å². The van der Waals surface area contributed by atoms with Crippen molar-refractivity contribution in [2.24, 2.45) is 5.92 Å². The van der Waals surface area contributed by atoms with Crippen LogP contribution in [0.1, 0.15) is 19.3 Å². The molecule has 0 radical (unpaired) electrons. The van der Waals surface area contributed by atoms with E-state index in [9.17, 15) is 4.79 Å². The van der Waals surface area contributed by atoms with Crippen molar-refractivity contribution < 1.29 is 14.3 Å². The molecule has 0 saturated carbocycles. The lowest BCUT2D eigenvalue weighted by molar-refractivity contribution is -0.140. The summed E-state index contributed by atoms with van der Waals surface area (Å²) < 4.78 is 9.70. The van der Waals surface area contributed by atoms with Crippen LogP contribution in [0.5, 0.6) is 0 Å². The Morgan fingerprint density at radius 1 is 1.73 bits per heavy atom. The van der Waals surface area contributed by atoms with E-state index in [0.29, 0.717) is 12.3 Å². The number of carbonyl (C=O) groups is 1. The molecule has 1 fully saturated rings. The van der Waals surface area contributed by atoms with E-state index >= 15 is 0 Å². The summed E-state index contributed by atoms with van der Waals surface area (Å²) in [6, 6.07) is 0. The van der Waals surface area contributed by atoms with E-state index in [1.54, 1.807) is 0 Å². The predicted octanol–water partition coefficient (Wildman–Crippen LogP) is 0.976. The third-order valence-corrected chi connectivity index (χ3v) is 2.01. The van der Waals surface area contributed by atoms with E-state index in [1.165, 1.54) is 7.11 Å². The molecule has 3 nitrogen and oxygen atoms in total. The molecular formula is C8H14O3. The van der Waals surface area contributed by atoms with Gasteiger partial charge in [0.2, 0.25) is 0 Å². The average molecular weight is 158 g/mol. The molecule has 0 bridgehead atoms. The quantitative estimate of drug-likeness (QED) is 0.574. The summed E-state index contributed by atoms with van der Waals surface area (Å²) in [6.45, 7) is 1.67. The van der Waals surface area contributed by atoms with E-state index in [0.717, 1.165) is 26.1 Å². The Hall–Kier alpha value is -0.570. The second kappa shape index (κ2) is 4.34. The second-order valence-corrected chi connectivity index (χ2v) is 2.84. The second-order valence-electron chi connectivity index (χ2n) is 2.84. The van der Waals surface area contributed by atoms with Gasteiger partial charge in [0, 0.05) is 19.6 Å². The van der Waals surface area contributed by atoms with Gasteiger partial charge in [0.05, 0.1) is 7.11 Å². The van der Waals surface area contributed by atoms with Crippen molar-refractivity contribution in [2.75, 3.05) is 20.3 Å². The number of hydrogen-bond donors (Lipinski definition) is 0. The van der Waals surface area contributed by atoms with E-state index < -0.39 is 0 Å². The molecule has 1 aliphatic rings. The molecule has 64 valence electrons. The van der Waals surface area contributed by atoms with E-state index in [1.807, 2.05) is 0 Å². The highest BCUT2D eigenvalue weighted by molar-refractivity contribution is 5.69. The number of rotatable bonds is 3. The normalized spacial score (nSPS) is 23.5. The Bertz CT molecular complexity index is 127. The van der Waals surface area contributed by atoms with Gasteiger partial charge >= 0.3 is 5.97 Å². The van der Waals surface area contributed by atoms with Gasteiger partial charge in [-0.25, -0.2) is 0 Å². The summed E-state index contributed by atoms with van der Waals surface area (Å²) in [4.78, 5) is 10.7. The van der Waals surface area contributed by atoms with Gasteiger partial charge in [-0.2, -0.15) is 0 Å². The standard InChI is InChI=1S/C8H14O3/c1-10-8(9)3-2-7-4-5-11-6-7/h7H,2-6H2,1H3. The molecule has 1 saturated heterocycles. The first-order valence-corrected chi connectivity index (χ1v) is 3.97. The summed E-state index contributed by atoms with van der Waals surface area (Å²) in [5.74, 6) is 0.464. The van der Waals surface area contributed by atoms with Crippen LogP contribution in [0.15, 0.2) is 0 Å². The lowest BCUT2D eigenvalue weighted by Crippen LogP contribution is -2.05. The maximum atomic E-state index is 10.7. The van der Waals surface area contributed by atoms with Gasteiger partial charge in [-0.15, -0.1) is 0 Å². The molecule has 0 aromatic heterocycles. The molecule has 0 amide bonds. The number of hydrogen-bond acceptors (Lipinski definition) is 3. The molecule has 1 rings (SSSR count). The monoisotopic (exact) mass is 158 g/mol. The minimum Gasteiger partial charge on any atom is -0.469 e. The molecule has 0 aromatic carbocycles. The third-order valence-electron chi connectivity index (χ3n) is 2.01. The van der Waals surface area contributed by atoms with Gasteiger partial charge in [0.25, 0.3) is 0 Å². The largest absolute Gasteiger partial charge is 0.469 e. The molecule has 0 spiro atoms. The summed E-state index contributed by atoms with van der Waals surface area (Å²) in [5, 5.41) is 0. The average Bonchev–Trinajstić information content (AvgIpc) is 2.52. The van der Waals surface area contributed by atoms with Crippen LogP contribution in [-0.4, -0.2) is 26.3 Å². The first-order chi connectivity index (χ1) is 5.33. The summed E-state index contributed by atoms with van der Waals surface area (Å²) in [6.07, 6.45) is 2.54. The zero-order chi connectivity index (χ0) is 8.10. The van der Waals surface area contributed by atoms with Gasteiger partial charge in [0.15, 0.2) is 0 Å². The van der Waals surface area contributed by atoms with Crippen molar-refractivity contribution in [1.29, 1.82) is 0 Å². The summed E-state index contributed by atoms with van der Waals surface area (Å²) >= 11 is 0. The first-order valence-electron chi connectivity index (χ1n) is 3.97. The number of methoxy groups -OCH3 is 1. The van der Waals surface area contributed by atoms with Gasteiger partial charge < -0.3 is 9.47 Å². The van der Waals surface area contributed by atoms with E-state index in [-0.39, 0.29) is 5.97 Å². The summed E-state index contributed by atoms with van der Waals surface area (Å²) in [5.41, 5.74) is 0. The molecule has 3 heteroatoms.